The number of hydrogen-bond donors (Lipinski definition) is 1. The van der Waals surface area contributed by atoms with Crippen molar-refractivity contribution in [1.82, 2.24) is 5.32 Å². The Morgan fingerprint density at radius 2 is 1.86 bits per heavy atom. The van der Waals surface area contributed by atoms with Gasteiger partial charge in [0.15, 0.2) is 0 Å². The summed E-state index contributed by atoms with van der Waals surface area (Å²) in [5, 5.41) is 2.80. The highest BCUT2D eigenvalue weighted by Gasteiger charge is 2.31. The minimum absolute atomic E-state index is 0.398. The zero-order valence-electron chi connectivity index (χ0n) is 13.3. The maximum atomic E-state index is 12.1. The lowest BCUT2D eigenvalue weighted by atomic mass is 9.91. The van der Waals surface area contributed by atoms with Gasteiger partial charge in [0.1, 0.15) is 11.7 Å². The summed E-state index contributed by atoms with van der Waals surface area (Å²) in [7, 11) is 0. The van der Waals surface area contributed by atoms with Gasteiger partial charge in [-0.1, -0.05) is 30.3 Å². The number of benzene rings is 1. The maximum absolute atomic E-state index is 12.1. The largest absolute Gasteiger partial charge is 0.456 e. The Labute approximate surface area is 130 Å². The van der Waals surface area contributed by atoms with E-state index in [0.717, 1.165) is 11.1 Å². The molecule has 1 N–H and O–H groups in total. The molecule has 5 heteroatoms. The van der Waals surface area contributed by atoms with Crippen LogP contribution in [0.25, 0.3) is 6.08 Å². The van der Waals surface area contributed by atoms with E-state index in [0.29, 0.717) is 0 Å². The van der Waals surface area contributed by atoms with Gasteiger partial charge in [-0.2, -0.15) is 0 Å². The van der Waals surface area contributed by atoms with E-state index in [1.165, 1.54) is 6.92 Å². The number of ether oxygens (including phenoxy) is 2. The molecule has 1 amide bonds. The summed E-state index contributed by atoms with van der Waals surface area (Å²) in [6.07, 6.45) is 2.56. The number of esters is 1. The minimum Gasteiger partial charge on any atom is -0.456 e. The summed E-state index contributed by atoms with van der Waals surface area (Å²) in [6, 6.07) is 7.17. The highest BCUT2D eigenvalue weighted by atomic mass is 16.6. The number of amides is 1. The molecular formula is C17H21NO4. The van der Waals surface area contributed by atoms with Gasteiger partial charge in [-0.15, -0.1) is 0 Å². The first-order valence-corrected chi connectivity index (χ1v) is 7.20. The van der Waals surface area contributed by atoms with E-state index in [1.54, 1.807) is 26.8 Å². The van der Waals surface area contributed by atoms with E-state index >= 15 is 0 Å². The monoisotopic (exact) mass is 303 g/mol. The van der Waals surface area contributed by atoms with E-state index in [4.69, 9.17) is 9.47 Å². The molecule has 0 aliphatic heterocycles. The molecule has 0 heterocycles. The average Bonchev–Trinajstić information content (AvgIpc) is 2.39. The molecule has 0 spiro atoms. The molecule has 0 unspecified atom stereocenters. The van der Waals surface area contributed by atoms with Crippen molar-refractivity contribution in [3.8, 4) is 0 Å². The topological polar surface area (TPSA) is 64.6 Å². The molecule has 0 saturated heterocycles. The Bertz CT molecular complexity index is 601. The first kappa shape index (κ1) is 16.1. The van der Waals surface area contributed by atoms with Crippen molar-refractivity contribution in [2.75, 3.05) is 0 Å². The highest BCUT2D eigenvalue weighted by molar-refractivity contribution is 5.71. The maximum Gasteiger partial charge on any atom is 0.408 e. The van der Waals surface area contributed by atoms with Crippen molar-refractivity contribution in [2.24, 2.45) is 0 Å². The highest BCUT2D eigenvalue weighted by Crippen LogP contribution is 2.30. The van der Waals surface area contributed by atoms with Crippen LogP contribution in [0.1, 0.15) is 44.9 Å². The third-order valence-corrected chi connectivity index (χ3v) is 3.10. The zero-order valence-corrected chi connectivity index (χ0v) is 13.3. The fourth-order valence-corrected chi connectivity index (χ4v) is 2.33. The second kappa shape index (κ2) is 6.22. The molecule has 1 aliphatic rings. The van der Waals surface area contributed by atoms with Crippen molar-refractivity contribution in [1.29, 1.82) is 0 Å². The summed E-state index contributed by atoms with van der Waals surface area (Å²) in [5.41, 5.74) is 1.28. The molecule has 0 radical (unpaired) electrons. The third kappa shape index (κ3) is 4.10. The number of carbonyl (C=O) groups excluding carboxylic acids is 2. The van der Waals surface area contributed by atoms with E-state index in [9.17, 15) is 9.59 Å². The lowest BCUT2D eigenvalue weighted by molar-refractivity contribution is -0.145. The third-order valence-electron chi connectivity index (χ3n) is 3.10. The second-order valence-corrected chi connectivity index (χ2v) is 6.19. The second-order valence-electron chi connectivity index (χ2n) is 6.19. The molecule has 2 atom stereocenters. The van der Waals surface area contributed by atoms with Crippen molar-refractivity contribution in [2.45, 2.75) is 45.4 Å². The van der Waals surface area contributed by atoms with E-state index < -0.39 is 29.8 Å². The van der Waals surface area contributed by atoms with Crippen LogP contribution in [0.4, 0.5) is 4.79 Å². The summed E-state index contributed by atoms with van der Waals surface area (Å²) < 4.78 is 10.6. The molecule has 1 aliphatic carbocycles. The van der Waals surface area contributed by atoms with Gasteiger partial charge in [0.25, 0.3) is 0 Å². The normalized spacial score (nSPS) is 20.0. The van der Waals surface area contributed by atoms with Crippen LogP contribution in [0.2, 0.25) is 0 Å². The van der Waals surface area contributed by atoms with Crippen LogP contribution < -0.4 is 5.32 Å². The van der Waals surface area contributed by atoms with Gasteiger partial charge >= 0.3 is 12.1 Å². The van der Waals surface area contributed by atoms with Crippen molar-refractivity contribution >= 4 is 18.1 Å². The quantitative estimate of drug-likeness (QED) is 0.852. The van der Waals surface area contributed by atoms with Crippen LogP contribution >= 0.6 is 0 Å². The van der Waals surface area contributed by atoms with Gasteiger partial charge in [-0.05, 0) is 38.0 Å². The van der Waals surface area contributed by atoms with Crippen LogP contribution in [0.5, 0.6) is 0 Å². The number of alkyl carbamates (subject to hydrolysis) is 1. The van der Waals surface area contributed by atoms with E-state index in [-0.39, 0.29) is 0 Å². The smallest absolute Gasteiger partial charge is 0.408 e. The molecular weight excluding hydrogens is 282 g/mol. The Balaban J connectivity index is 2.24. The minimum atomic E-state index is -0.592. The predicted molar refractivity (Wildman–Crippen MR) is 83.1 cm³/mol. The molecule has 0 bridgehead atoms. The van der Waals surface area contributed by atoms with E-state index in [1.807, 2.05) is 30.3 Å². The van der Waals surface area contributed by atoms with Gasteiger partial charge in [0.05, 0.1) is 6.04 Å². The van der Waals surface area contributed by atoms with Crippen molar-refractivity contribution in [3.05, 3.63) is 41.5 Å². The summed E-state index contributed by atoms with van der Waals surface area (Å²) in [6.45, 7) is 6.74. The van der Waals surface area contributed by atoms with Gasteiger partial charge in [-0.3, -0.25) is 4.79 Å². The summed E-state index contributed by atoms with van der Waals surface area (Å²) in [5.74, 6) is -0.398. The van der Waals surface area contributed by atoms with Gasteiger partial charge in [0.2, 0.25) is 0 Å². The van der Waals surface area contributed by atoms with Crippen molar-refractivity contribution < 1.29 is 19.1 Å². The zero-order chi connectivity index (χ0) is 16.3. The molecule has 0 fully saturated rings. The lowest BCUT2D eigenvalue weighted by Crippen LogP contribution is -2.41. The van der Waals surface area contributed by atoms with Gasteiger partial charge in [0, 0.05) is 6.92 Å². The number of carbonyl (C=O) groups is 2. The number of fused-ring (bicyclic) bond motifs is 1. The first-order chi connectivity index (χ1) is 10.3. The Morgan fingerprint density at radius 1 is 1.18 bits per heavy atom. The fraction of sp³-hybridized carbons (Fsp3) is 0.412. The number of rotatable bonds is 2. The molecule has 1 aromatic rings. The molecule has 0 aromatic heterocycles. The molecule has 2 rings (SSSR count). The van der Waals surface area contributed by atoms with Crippen LogP contribution in [0.15, 0.2) is 30.3 Å². The molecule has 22 heavy (non-hydrogen) atoms. The van der Waals surface area contributed by atoms with Crippen LogP contribution in [0, 0.1) is 0 Å². The number of hydrogen-bond acceptors (Lipinski definition) is 4. The Kier molecular flexibility index (Phi) is 4.54. The predicted octanol–water partition coefficient (Wildman–Crippen LogP) is 3.21. The Hall–Kier alpha value is -2.30. The average molecular weight is 303 g/mol. The Morgan fingerprint density at radius 3 is 2.50 bits per heavy atom. The molecule has 5 nitrogen and oxygen atoms in total. The molecule has 1 aromatic carbocycles. The van der Waals surface area contributed by atoms with Gasteiger partial charge in [-0.25, -0.2) is 4.79 Å². The first-order valence-electron chi connectivity index (χ1n) is 7.20. The van der Waals surface area contributed by atoms with Crippen LogP contribution in [-0.4, -0.2) is 23.8 Å². The summed E-state index contributed by atoms with van der Waals surface area (Å²) in [4.78, 5) is 23.4. The lowest BCUT2D eigenvalue weighted by Gasteiger charge is -2.31. The van der Waals surface area contributed by atoms with Crippen LogP contribution in [-0.2, 0) is 14.3 Å². The standard InChI is InChI=1S/C17H21NO4/c1-11(19)21-14-10-9-12-7-5-6-8-13(12)15(14)18-16(20)22-17(2,3)4/h5-10,14-15H,1-4H3,(H,18,20)/t14-,15-/m0/s1. The van der Waals surface area contributed by atoms with E-state index in [2.05, 4.69) is 5.32 Å². The SMILES string of the molecule is CC(=O)O[C@H]1C=Cc2ccccc2[C@@H]1NC(=O)OC(C)(C)C. The van der Waals surface area contributed by atoms with Crippen molar-refractivity contribution in [3.63, 3.8) is 0 Å². The fourth-order valence-electron chi connectivity index (χ4n) is 2.33. The van der Waals surface area contributed by atoms with Crippen LogP contribution in [0.3, 0.4) is 0 Å². The molecule has 118 valence electrons. The summed E-state index contributed by atoms with van der Waals surface area (Å²) >= 11 is 0. The number of nitrogens with one attached hydrogen (secondary N) is 1. The molecule has 0 saturated carbocycles. The van der Waals surface area contributed by atoms with Gasteiger partial charge < -0.3 is 14.8 Å².